The molecule has 5 heteroatoms. The third kappa shape index (κ3) is 1.64. The Labute approximate surface area is 54.5 Å². The van der Waals surface area contributed by atoms with Crippen LogP contribution < -0.4 is 5.84 Å². The van der Waals surface area contributed by atoms with Crippen LogP contribution in [-0.2, 0) is 14.5 Å². The van der Waals surface area contributed by atoms with Gasteiger partial charge in [0, 0.05) is 0 Å². The standard InChI is InChI=1S/C4H10N2O2S/c5-6-9(7)3-1-8-2-4-9/h1-5H2. The molecule has 0 spiro atoms. The van der Waals surface area contributed by atoms with Crippen LogP contribution in [-0.4, -0.2) is 28.9 Å². The van der Waals surface area contributed by atoms with Gasteiger partial charge in [0.2, 0.25) is 0 Å². The normalized spacial score (nSPS) is 25.4. The maximum Gasteiger partial charge on any atom is 0.0679 e. The highest BCUT2D eigenvalue weighted by atomic mass is 32.2. The zero-order valence-electron chi connectivity index (χ0n) is 5.08. The van der Waals surface area contributed by atoms with Gasteiger partial charge < -0.3 is 4.74 Å². The van der Waals surface area contributed by atoms with E-state index < -0.39 is 9.73 Å². The summed E-state index contributed by atoms with van der Waals surface area (Å²) in [6.45, 7) is 1.05. The van der Waals surface area contributed by atoms with Crippen LogP contribution in [0.2, 0.25) is 0 Å². The SMILES string of the molecule is NN=S1(=O)CCOCC1. The summed E-state index contributed by atoms with van der Waals surface area (Å²) in [5.41, 5.74) is 0. The van der Waals surface area contributed by atoms with Crippen LogP contribution in [0.3, 0.4) is 0 Å². The van der Waals surface area contributed by atoms with E-state index in [1.165, 1.54) is 0 Å². The minimum absolute atomic E-state index is 0.490. The van der Waals surface area contributed by atoms with E-state index in [1.807, 2.05) is 0 Å². The second-order valence-corrected chi connectivity index (χ2v) is 4.47. The summed E-state index contributed by atoms with van der Waals surface area (Å²) >= 11 is 0. The van der Waals surface area contributed by atoms with Gasteiger partial charge in [-0.2, -0.15) is 4.47 Å². The Morgan fingerprint density at radius 2 is 2.00 bits per heavy atom. The highest BCUT2D eigenvalue weighted by Crippen LogP contribution is 2.00. The Balaban J connectivity index is 2.70. The van der Waals surface area contributed by atoms with Crippen molar-refractivity contribution < 1.29 is 8.95 Å². The van der Waals surface area contributed by atoms with Crippen molar-refractivity contribution in [1.82, 2.24) is 0 Å². The minimum atomic E-state index is -2.05. The average molecular weight is 150 g/mol. The number of nitrogens with two attached hydrogens (primary N) is 1. The molecule has 1 heterocycles. The Hall–Kier alpha value is -0.130. The maximum atomic E-state index is 11.2. The second kappa shape index (κ2) is 2.64. The van der Waals surface area contributed by atoms with Crippen LogP contribution in [0.4, 0.5) is 0 Å². The fraction of sp³-hybridized carbons (Fsp3) is 1.00. The molecule has 54 valence electrons. The van der Waals surface area contributed by atoms with Gasteiger partial charge >= 0.3 is 0 Å². The minimum Gasteiger partial charge on any atom is -0.379 e. The summed E-state index contributed by atoms with van der Waals surface area (Å²) in [5.74, 6) is 5.91. The molecular weight excluding hydrogens is 140 g/mol. The lowest BCUT2D eigenvalue weighted by Crippen LogP contribution is -2.26. The van der Waals surface area contributed by atoms with Crippen LogP contribution in [0.15, 0.2) is 4.47 Å². The lowest BCUT2D eigenvalue weighted by atomic mass is 10.8. The number of nitrogens with zero attached hydrogens (tertiary/aromatic N) is 1. The highest BCUT2D eigenvalue weighted by molar-refractivity contribution is 7.93. The van der Waals surface area contributed by atoms with Crippen molar-refractivity contribution in [2.75, 3.05) is 24.7 Å². The fourth-order valence-electron chi connectivity index (χ4n) is 0.688. The number of hydrogen-bond acceptors (Lipinski definition) is 3. The second-order valence-electron chi connectivity index (χ2n) is 1.90. The largest absolute Gasteiger partial charge is 0.379 e. The van der Waals surface area contributed by atoms with Crippen molar-refractivity contribution in [3.8, 4) is 0 Å². The third-order valence-corrected chi connectivity index (χ3v) is 3.28. The molecule has 0 bridgehead atoms. The quantitative estimate of drug-likeness (QED) is 0.369. The van der Waals surface area contributed by atoms with Crippen LogP contribution >= 0.6 is 0 Å². The first-order valence-corrected chi connectivity index (χ1v) is 4.62. The van der Waals surface area contributed by atoms with E-state index in [2.05, 4.69) is 4.47 Å². The molecule has 0 atom stereocenters. The molecule has 4 nitrogen and oxygen atoms in total. The van der Waals surface area contributed by atoms with Crippen LogP contribution in [0.5, 0.6) is 0 Å². The van der Waals surface area contributed by atoms with Crippen molar-refractivity contribution in [1.29, 1.82) is 0 Å². The van der Waals surface area contributed by atoms with Gasteiger partial charge in [0.05, 0.1) is 34.4 Å². The lowest BCUT2D eigenvalue weighted by molar-refractivity contribution is 0.158. The van der Waals surface area contributed by atoms with Crippen LogP contribution in [0.25, 0.3) is 0 Å². The summed E-state index contributed by atoms with van der Waals surface area (Å²) in [5, 5.41) is 0. The molecule has 0 aromatic carbocycles. The lowest BCUT2D eigenvalue weighted by Gasteiger charge is -2.14. The van der Waals surface area contributed by atoms with E-state index in [-0.39, 0.29) is 0 Å². The molecule has 0 aliphatic carbocycles. The Morgan fingerprint density at radius 1 is 1.44 bits per heavy atom. The van der Waals surface area contributed by atoms with E-state index >= 15 is 0 Å². The fourth-order valence-corrected chi connectivity index (χ4v) is 1.86. The van der Waals surface area contributed by atoms with Gasteiger partial charge in [-0.25, -0.2) is 10.1 Å². The van der Waals surface area contributed by atoms with Gasteiger partial charge in [0.1, 0.15) is 0 Å². The predicted octanol–water partition coefficient (Wildman–Crippen LogP) is -0.642. The smallest absolute Gasteiger partial charge is 0.0679 e. The zero-order valence-corrected chi connectivity index (χ0v) is 5.89. The summed E-state index contributed by atoms with van der Waals surface area (Å²) in [6.07, 6.45) is 0. The van der Waals surface area contributed by atoms with Crippen molar-refractivity contribution in [2.45, 2.75) is 0 Å². The molecule has 9 heavy (non-hydrogen) atoms. The molecule has 2 N–H and O–H groups in total. The van der Waals surface area contributed by atoms with Gasteiger partial charge in [0.15, 0.2) is 0 Å². The van der Waals surface area contributed by atoms with E-state index in [9.17, 15) is 4.21 Å². The van der Waals surface area contributed by atoms with Crippen molar-refractivity contribution in [3.05, 3.63) is 0 Å². The van der Waals surface area contributed by atoms with Crippen LogP contribution in [0, 0.1) is 0 Å². The monoisotopic (exact) mass is 150 g/mol. The van der Waals surface area contributed by atoms with E-state index in [4.69, 9.17) is 10.6 Å². The molecule has 0 aromatic heterocycles. The number of ether oxygens (including phenoxy) is 1. The first-order chi connectivity index (χ1) is 4.27. The van der Waals surface area contributed by atoms with Gasteiger partial charge in [-0.1, -0.05) is 0 Å². The van der Waals surface area contributed by atoms with Gasteiger partial charge in [0.25, 0.3) is 0 Å². The van der Waals surface area contributed by atoms with Crippen molar-refractivity contribution >= 4 is 9.73 Å². The highest BCUT2D eigenvalue weighted by Gasteiger charge is 2.13. The van der Waals surface area contributed by atoms with Crippen molar-refractivity contribution in [2.24, 2.45) is 10.3 Å². The topological polar surface area (TPSA) is 64.7 Å². The summed E-state index contributed by atoms with van der Waals surface area (Å²) < 4.78 is 19.5. The molecule has 1 aliphatic rings. The summed E-state index contributed by atoms with van der Waals surface area (Å²) in [4.78, 5) is 0. The maximum absolute atomic E-state index is 11.2. The first-order valence-electron chi connectivity index (χ1n) is 2.76. The molecule has 0 amide bonds. The summed E-state index contributed by atoms with van der Waals surface area (Å²) in [7, 11) is -2.05. The van der Waals surface area contributed by atoms with Gasteiger partial charge in [-0.15, -0.1) is 0 Å². The predicted molar refractivity (Wildman–Crippen MR) is 35.3 cm³/mol. The molecule has 1 rings (SSSR count). The summed E-state index contributed by atoms with van der Waals surface area (Å²) in [6, 6.07) is 0. The van der Waals surface area contributed by atoms with Crippen LogP contribution in [0.1, 0.15) is 0 Å². The molecule has 1 aliphatic heterocycles. The molecule has 0 aromatic rings. The van der Waals surface area contributed by atoms with Gasteiger partial charge in [-0.3, -0.25) is 0 Å². The molecule has 0 radical (unpaired) electrons. The number of hydrogen-bond donors (Lipinski definition) is 1. The molecular formula is C4H10N2O2S. The third-order valence-electron chi connectivity index (χ3n) is 1.29. The first kappa shape index (κ1) is 6.98. The molecule has 1 saturated heterocycles. The Morgan fingerprint density at radius 3 is 2.33 bits per heavy atom. The molecule has 0 unspecified atom stereocenters. The Bertz CT molecular complexity index is 183. The van der Waals surface area contributed by atoms with Crippen molar-refractivity contribution in [3.63, 3.8) is 0 Å². The van der Waals surface area contributed by atoms with Gasteiger partial charge in [-0.05, 0) is 0 Å². The Kier molecular flexibility index (Phi) is 2.05. The van der Waals surface area contributed by atoms with E-state index in [0.29, 0.717) is 24.7 Å². The average Bonchev–Trinajstić information content (AvgIpc) is 1.90. The zero-order chi connectivity index (χ0) is 6.74. The number of rotatable bonds is 0. The molecule has 0 saturated carbocycles. The van der Waals surface area contributed by atoms with E-state index in [0.717, 1.165) is 0 Å². The molecule has 1 fully saturated rings. The van der Waals surface area contributed by atoms with E-state index in [1.54, 1.807) is 0 Å².